The molecular formula is C32H40O4. The topological polar surface area (TPSA) is 80.9 Å². The summed E-state index contributed by atoms with van der Waals surface area (Å²) >= 11 is 0. The fourth-order valence-corrected chi connectivity index (χ4v) is 3.13. The molecule has 0 unspecified atom stereocenters. The molecule has 0 aromatic heterocycles. The summed E-state index contributed by atoms with van der Waals surface area (Å²) in [7, 11) is 0. The summed E-state index contributed by atoms with van der Waals surface area (Å²) < 4.78 is 0. The molecule has 0 aliphatic heterocycles. The molecule has 0 radical (unpaired) electrons. The highest BCUT2D eigenvalue weighted by Gasteiger charge is 1.95. The van der Waals surface area contributed by atoms with Gasteiger partial charge in [0.15, 0.2) is 0 Å². The molecule has 192 valence electrons. The summed E-state index contributed by atoms with van der Waals surface area (Å²) in [5.74, 6) is 1.29. The molecule has 1 saturated carbocycles. The van der Waals surface area contributed by atoms with Crippen LogP contribution in [0, 0.1) is 0 Å². The molecule has 1 aliphatic rings. The van der Waals surface area contributed by atoms with Gasteiger partial charge >= 0.3 is 0 Å². The quantitative estimate of drug-likeness (QED) is 0.199. The van der Waals surface area contributed by atoms with Crippen molar-refractivity contribution >= 4 is 0 Å². The van der Waals surface area contributed by atoms with Crippen LogP contribution in [0.15, 0.2) is 121 Å². The third-order valence-corrected chi connectivity index (χ3v) is 5.02. The number of rotatable bonds is 0. The molecule has 0 atom stereocenters. The highest BCUT2D eigenvalue weighted by atomic mass is 16.3. The van der Waals surface area contributed by atoms with Crippen LogP contribution < -0.4 is 0 Å². The van der Waals surface area contributed by atoms with Crippen LogP contribution in [-0.2, 0) is 0 Å². The Morgan fingerprint density at radius 3 is 0.472 bits per heavy atom. The van der Waals surface area contributed by atoms with Crippen molar-refractivity contribution in [1.29, 1.82) is 0 Å². The Morgan fingerprint density at radius 2 is 0.389 bits per heavy atom. The highest BCUT2D eigenvalue weighted by molar-refractivity contribution is 5.20. The van der Waals surface area contributed by atoms with Gasteiger partial charge in [-0.2, -0.15) is 0 Å². The molecule has 0 amide bonds. The molecular weight excluding hydrogens is 448 g/mol. The largest absolute Gasteiger partial charge is 0.508 e. The highest BCUT2D eigenvalue weighted by Crippen LogP contribution is 2.15. The molecule has 36 heavy (non-hydrogen) atoms. The lowest BCUT2D eigenvalue weighted by Crippen LogP contribution is -1.85. The first-order chi connectivity index (χ1) is 17.6. The van der Waals surface area contributed by atoms with Gasteiger partial charge in [-0.25, -0.2) is 0 Å². The lowest BCUT2D eigenvalue weighted by molar-refractivity contribution is 0.475. The molecule has 1 aliphatic carbocycles. The van der Waals surface area contributed by atoms with Crippen LogP contribution in [-0.4, -0.2) is 20.4 Å². The summed E-state index contributed by atoms with van der Waals surface area (Å²) in [6, 6.07) is 34.9. The average Bonchev–Trinajstić information content (AvgIpc) is 2.87. The van der Waals surface area contributed by atoms with Crippen LogP contribution in [0.2, 0.25) is 0 Å². The summed E-state index contributed by atoms with van der Waals surface area (Å²) in [5, 5.41) is 34.5. The van der Waals surface area contributed by atoms with Gasteiger partial charge in [0.1, 0.15) is 23.0 Å². The second kappa shape index (κ2) is 21.6. The molecule has 4 N–H and O–H groups in total. The number of para-hydroxylation sites is 4. The third kappa shape index (κ3) is 19.5. The smallest absolute Gasteiger partial charge is 0.115 e. The first kappa shape index (κ1) is 30.1. The van der Waals surface area contributed by atoms with E-state index in [0.29, 0.717) is 23.0 Å². The molecule has 5 rings (SSSR count). The standard InChI is InChI=1S/C8H16.4C6H6O/c1-2-4-6-8-7-5-3-1;4*7-6-4-2-1-3-5-6/h1-8H2;4*1-5,7H. The van der Waals surface area contributed by atoms with E-state index in [1.54, 1.807) is 97.1 Å². The van der Waals surface area contributed by atoms with Crippen LogP contribution in [0.25, 0.3) is 0 Å². The lowest BCUT2D eigenvalue weighted by atomic mass is 10.0. The Morgan fingerprint density at radius 1 is 0.250 bits per heavy atom. The average molecular weight is 489 g/mol. The van der Waals surface area contributed by atoms with Crippen molar-refractivity contribution in [2.24, 2.45) is 0 Å². The third-order valence-electron chi connectivity index (χ3n) is 5.02. The number of phenolic OH excluding ortho intramolecular Hbond substituents is 4. The number of hydrogen-bond donors (Lipinski definition) is 4. The molecule has 0 bridgehead atoms. The maximum atomic E-state index is 8.63. The van der Waals surface area contributed by atoms with E-state index in [1.807, 2.05) is 24.3 Å². The van der Waals surface area contributed by atoms with Crippen molar-refractivity contribution in [3.05, 3.63) is 121 Å². The maximum absolute atomic E-state index is 8.63. The Labute approximate surface area is 216 Å². The molecule has 4 nitrogen and oxygen atoms in total. The Kier molecular flexibility index (Phi) is 18.1. The van der Waals surface area contributed by atoms with Crippen molar-refractivity contribution in [3.63, 3.8) is 0 Å². The predicted octanol–water partition coefficient (Wildman–Crippen LogP) is 8.69. The number of aromatic hydroxyl groups is 4. The van der Waals surface area contributed by atoms with Crippen LogP contribution >= 0.6 is 0 Å². The van der Waals surface area contributed by atoms with E-state index >= 15 is 0 Å². The molecule has 4 heteroatoms. The van der Waals surface area contributed by atoms with Crippen molar-refractivity contribution in [3.8, 4) is 23.0 Å². The first-order valence-corrected chi connectivity index (χ1v) is 12.5. The van der Waals surface area contributed by atoms with E-state index in [2.05, 4.69) is 0 Å². The molecule has 4 aromatic carbocycles. The zero-order valence-electron chi connectivity index (χ0n) is 21.0. The minimum absolute atomic E-state index is 0.322. The molecule has 0 heterocycles. The minimum Gasteiger partial charge on any atom is -0.508 e. The number of benzene rings is 4. The van der Waals surface area contributed by atoms with Crippen molar-refractivity contribution < 1.29 is 20.4 Å². The summed E-state index contributed by atoms with van der Waals surface area (Å²) in [4.78, 5) is 0. The zero-order chi connectivity index (χ0) is 26.1. The summed E-state index contributed by atoms with van der Waals surface area (Å²) in [6.45, 7) is 0. The predicted molar refractivity (Wildman–Crippen MR) is 149 cm³/mol. The molecule has 4 aromatic rings. The molecule has 0 saturated heterocycles. The van der Waals surface area contributed by atoms with Gasteiger partial charge in [-0.1, -0.05) is 124 Å². The summed E-state index contributed by atoms with van der Waals surface area (Å²) in [6.07, 6.45) is 12.0. The van der Waals surface area contributed by atoms with E-state index in [0.717, 1.165) is 0 Å². The Hall–Kier alpha value is -3.92. The SMILES string of the molecule is C1CCCCCCC1.Oc1ccccc1.Oc1ccccc1.Oc1ccccc1.Oc1ccccc1. The van der Waals surface area contributed by atoms with Crippen LogP contribution in [0.4, 0.5) is 0 Å². The van der Waals surface area contributed by atoms with Crippen LogP contribution in [0.3, 0.4) is 0 Å². The van der Waals surface area contributed by atoms with Gasteiger partial charge in [-0.3, -0.25) is 0 Å². The zero-order valence-corrected chi connectivity index (χ0v) is 21.0. The fourth-order valence-electron chi connectivity index (χ4n) is 3.13. The maximum Gasteiger partial charge on any atom is 0.115 e. The minimum atomic E-state index is 0.322. The van der Waals surface area contributed by atoms with Gasteiger partial charge in [-0.05, 0) is 48.5 Å². The molecule has 0 spiro atoms. The molecule has 1 fully saturated rings. The van der Waals surface area contributed by atoms with Gasteiger partial charge in [-0.15, -0.1) is 0 Å². The van der Waals surface area contributed by atoms with Crippen molar-refractivity contribution in [2.45, 2.75) is 51.4 Å². The van der Waals surface area contributed by atoms with Crippen LogP contribution in [0.1, 0.15) is 51.4 Å². The van der Waals surface area contributed by atoms with E-state index in [9.17, 15) is 0 Å². The van der Waals surface area contributed by atoms with Gasteiger partial charge in [0.25, 0.3) is 0 Å². The Balaban J connectivity index is 0.000000225. The fraction of sp³-hybridized carbons (Fsp3) is 0.250. The van der Waals surface area contributed by atoms with Gasteiger partial charge in [0.05, 0.1) is 0 Å². The summed E-state index contributed by atoms with van der Waals surface area (Å²) in [5.41, 5.74) is 0. The second-order valence-electron chi connectivity index (χ2n) is 8.17. The monoisotopic (exact) mass is 488 g/mol. The van der Waals surface area contributed by atoms with Crippen LogP contribution in [0.5, 0.6) is 23.0 Å². The van der Waals surface area contributed by atoms with E-state index in [4.69, 9.17) is 20.4 Å². The number of hydrogen-bond acceptors (Lipinski definition) is 4. The van der Waals surface area contributed by atoms with Gasteiger partial charge < -0.3 is 20.4 Å². The first-order valence-electron chi connectivity index (χ1n) is 12.5. The van der Waals surface area contributed by atoms with Crippen molar-refractivity contribution in [1.82, 2.24) is 0 Å². The lowest BCUT2D eigenvalue weighted by Gasteiger charge is -2.05. The van der Waals surface area contributed by atoms with E-state index < -0.39 is 0 Å². The Bertz CT molecular complexity index is 788. The van der Waals surface area contributed by atoms with Gasteiger partial charge in [0, 0.05) is 0 Å². The van der Waals surface area contributed by atoms with E-state index in [-0.39, 0.29) is 0 Å². The van der Waals surface area contributed by atoms with Crippen molar-refractivity contribution in [2.75, 3.05) is 0 Å². The van der Waals surface area contributed by atoms with E-state index in [1.165, 1.54) is 51.4 Å². The van der Waals surface area contributed by atoms with Gasteiger partial charge in [0.2, 0.25) is 0 Å². The normalized spacial score (nSPS) is 12.0. The number of phenols is 4. The second-order valence-corrected chi connectivity index (χ2v) is 8.17.